The van der Waals surface area contributed by atoms with Gasteiger partial charge in [-0.3, -0.25) is 10.2 Å². The molecule has 0 amide bonds. The van der Waals surface area contributed by atoms with Crippen LogP contribution in [0.5, 0.6) is 0 Å². The van der Waals surface area contributed by atoms with E-state index in [9.17, 15) is 4.79 Å². The van der Waals surface area contributed by atoms with Gasteiger partial charge in [-0.05, 0) is 19.3 Å². The van der Waals surface area contributed by atoms with Gasteiger partial charge < -0.3 is 10.6 Å². The van der Waals surface area contributed by atoms with E-state index in [1.165, 1.54) is 5.06 Å². The van der Waals surface area contributed by atoms with E-state index in [0.717, 1.165) is 19.3 Å². The molecule has 1 unspecified atom stereocenters. The molecule has 5 nitrogen and oxygen atoms in total. The third-order valence-electron chi connectivity index (χ3n) is 1.99. The first-order valence-electron chi connectivity index (χ1n) is 3.96. The van der Waals surface area contributed by atoms with Crippen molar-refractivity contribution >= 4 is 12.3 Å². The predicted molar refractivity (Wildman–Crippen MR) is 43.4 cm³/mol. The molecular formula is C7H13N3O2. The van der Waals surface area contributed by atoms with Crippen LogP contribution in [0, 0.1) is 5.41 Å². The first-order valence-corrected chi connectivity index (χ1v) is 3.96. The Morgan fingerprint density at radius 2 is 2.42 bits per heavy atom. The summed E-state index contributed by atoms with van der Waals surface area (Å²) in [7, 11) is 0. The maximum atomic E-state index is 10.1. The molecule has 1 atom stereocenters. The van der Waals surface area contributed by atoms with Crippen molar-refractivity contribution < 1.29 is 9.63 Å². The van der Waals surface area contributed by atoms with E-state index in [2.05, 4.69) is 4.84 Å². The molecule has 1 aliphatic heterocycles. The minimum Gasteiger partial charge on any atom is -0.386 e. The lowest BCUT2D eigenvalue weighted by molar-refractivity contribution is -0.184. The van der Waals surface area contributed by atoms with Crippen molar-refractivity contribution in [1.29, 1.82) is 5.41 Å². The monoisotopic (exact) mass is 171 g/mol. The van der Waals surface area contributed by atoms with Gasteiger partial charge in [-0.25, -0.2) is 0 Å². The topological polar surface area (TPSA) is 79.4 Å². The Balaban J connectivity index is 2.53. The fourth-order valence-electron chi connectivity index (χ4n) is 1.40. The summed E-state index contributed by atoms with van der Waals surface area (Å²) < 4.78 is 0. The molecule has 68 valence electrons. The van der Waals surface area contributed by atoms with Crippen LogP contribution in [0.1, 0.15) is 19.3 Å². The molecule has 1 saturated heterocycles. The number of piperidine rings is 1. The molecule has 3 N–H and O–H groups in total. The van der Waals surface area contributed by atoms with Crippen LogP contribution >= 0.6 is 0 Å². The van der Waals surface area contributed by atoms with Crippen molar-refractivity contribution in [1.82, 2.24) is 5.06 Å². The molecule has 0 aliphatic carbocycles. The fraction of sp³-hybridized carbons (Fsp3) is 0.714. The lowest BCUT2D eigenvalue weighted by Crippen LogP contribution is -2.46. The largest absolute Gasteiger partial charge is 0.386 e. The number of carbonyl (C=O) groups is 1. The number of amidine groups is 1. The van der Waals surface area contributed by atoms with Crippen molar-refractivity contribution in [3.05, 3.63) is 0 Å². The molecule has 12 heavy (non-hydrogen) atoms. The number of hydroxylamine groups is 2. The molecule has 1 heterocycles. The highest BCUT2D eigenvalue weighted by Crippen LogP contribution is 2.16. The molecule has 0 spiro atoms. The van der Waals surface area contributed by atoms with Crippen molar-refractivity contribution in [3.63, 3.8) is 0 Å². The van der Waals surface area contributed by atoms with E-state index < -0.39 is 0 Å². The molecule has 0 aromatic rings. The summed E-state index contributed by atoms with van der Waals surface area (Å²) in [6.07, 6.45) is 2.81. The number of rotatable bonds is 3. The third-order valence-corrected chi connectivity index (χ3v) is 1.99. The number of nitrogens with zero attached hydrogens (tertiary/aromatic N) is 1. The number of nitrogens with one attached hydrogen (secondary N) is 1. The van der Waals surface area contributed by atoms with Gasteiger partial charge in [0.15, 0.2) is 0 Å². The molecular weight excluding hydrogens is 158 g/mol. The highest BCUT2D eigenvalue weighted by molar-refractivity contribution is 5.82. The predicted octanol–water partition coefficient (Wildman–Crippen LogP) is -0.135. The van der Waals surface area contributed by atoms with E-state index in [4.69, 9.17) is 11.1 Å². The van der Waals surface area contributed by atoms with E-state index in [1.54, 1.807) is 0 Å². The average molecular weight is 171 g/mol. The maximum absolute atomic E-state index is 10.1. The van der Waals surface area contributed by atoms with E-state index in [1.807, 2.05) is 0 Å². The first-order chi connectivity index (χ1) is 5.75. The normalized spacial score (nSPS) is 24.8. The van der Waals surface area contributed by atoms with Gasteiger partial charge in [0.2, 0.25) is 0 Å². The van der Waals surface area contributed by atoms with Crippen LogP contribution in [-0.4, -0.2) is 30.0 Å². The van der Waals surface area contributed by atoms with Gasteiger partial charge in [-0.1, -0.05) is 0 Å². The summed E-state index contributed by atoms with van der Waals surface area (Å²) in [5.41, 5.74) is 5.33. The highest BCUT2D eigenvalue weighted by Gasteiger charge is 2.25. The zero-order chi connectivity index (χ0) is 8.97. The lowest BCUT2D eigenvalue weighted by Gasteiger charge is -2.31. The second-order valence-electron chi connectivity index (χ2n) is 2.81. The summed E-state index contributed by atoms with van der Waals surface area (Å²) in [6.45, 7) is 1.05. The van der Waals surface area contributed by atoms with Crippen LogP contribution in [0.25, 0.3) is 0 Å². The zero-order valence-corrected chi connectivity index (χ0v) is 6.82. The number of carbonyl (C=O) groups excluding carboxylic acids is 1. The summed E-state index contributed by atoms with van der Waals surface area (Å²) in [5.74, 6) is 0.0663. The molecule has 0 radical (unpaired) electrons. The Hall–Kier alpha value is -1.10. The fourth-order valence-corrected chi connectivity index (χ4v) is 1.40. The lowest BCUT2D eigenvalue weighted by atomic mass is 10.0. The van der Waals surface area contributed by atoms with Crippen LogP contribution in [0.2, 0.25) is 0 Å². The van der Waals surface area contributed by atoms with Gasteiger partial charge in [0.05, 0.1) is 0 Å². The van der Waals surface area contributed by atoms with Gasteiger partial charge in [0.25, 0.3) is 0 Å². The van der Waals surface area contributed by atoms with Crippen LogP contribution in [0.4, 0.5) is 0 Å². The van der Waals surface area contributed by atoms with Gasteiger partial charge >= 0.3 is 6.47 Å². The number of nitrogens with two attached hydrogens (primary N) is 1. The Labute approximate surface area is 70.9 Å². The molecule has 5 heteroatoms. The number of hydrogen-bond donors (Lipinski definition) is 2. The first kappa shape index (κ1) is 8.99. The van der Waals surface area contributed by atoms with Crippen LogP contribution in [0.3, 0.4) is 0 Å². The number of hydrogen-bond acceptors (Lipinski definition) is 4. The van der Waals surface area contributed by atoms with E-state index in [0.29, 0.717) is 13.0 Å². The standard InChI is InChI=1S/C7H13N3O2/c8-7(9)6-3-1-2-4-10(6)12-5-11/h5-6H,1-4H2,(H3,8,9). The second-order valence-corrected chi connectivity index (χ2v) is 2.81. The van der Waals surface area contributed by atoms with Gasteiger partial charge in [0.1, 0.15) is 11.9 Å². The molecule has 1 fully saturated rings. The molecule has 1 aliphatic rings. The summed E-state index contributed by atoms with van der Waals surface area (Å²) in [4.78, 5) is 14.8. The minimum absolute atomic E-state index is 0.0663. The Morgan fingerprint density at radius 1 is 1.67 bits per heavy atom. The Morgan fingerprint density at radius 3 is 3.00 bits per heavy atom. The van der Waals surface area contributed by atoms with E-state index in [-0.39, 0.29) is 11.9 Å². The summed E-state index contributed by atoms with van der Waals surface area (Å²) in [5, 5.41) is 8.71. The maximum Gasteiger partial charge on any atom is 0.313 e. The molecule has 0 aromatic carbocycles. The molecule has 0 bridgehead atoms. The third kappa shape index (κ3) is 1.94. The van der Waals surface area contributed by atoms with Gasteiger partial charge in [0, 0.05) is 6.54 Å². The molecule has 0 saturated carbocycles. The van der Waals surface area contributed by atoms with Crippen molar-refractivity contribution in [2.75, 3.05) is 6.54 Å². The summed E-state index contributed by atoms with van der Waals surface area (Å²) >= 11 is 0. The summed E-state index contributed by atoms with van der Waals surface area (Å²) in [6, 6.07) is -0.219. The van der Waals surface area contributed by atoms with Crippen LogP contribution in [-0.2, 0) is 9.63 Å². The van der Waals surface area contributed by atoms with Gasteiger partial charge in [-0.15, -0.1) is 5.06 Å². The average Bonchev–Trinajstić information content (AvgIpc) is 2.05. The zero-order valence-electron chi connectivity index (χ0n) is 6.82. The SMILES string of the molecule is N=C(N)C1CCCCN1OC=O. The van der Waals surface area contributed by atoms with Crippen LogP contribution in [0.15, 0.2) is 0 Å². The Kier molecular flexibility index (Phi) is 3.04. The van der Waals surface area contributed by atoms with Crippen molar-refractivity contribution in [2.45, 2.75) is 25.3 Å². The smallest absolute Gasteiger partial charge is 0.313 e. The van der Waals surface area contributed by atoms with E-state index >= 15 is 0 Å². The van der Waals surface area contributed by atoms with Gasteiger partial charge in [-0.2, -0.15) is 0 Å². The highest BCUT2D eigenvalue weighted by atomic mass is 16.7. The quantitative estimate of drug-likeness (QED) is 0.352. The van der Waals surface area contributed by atoms with Crippen LogP contribution < -0.4 is 5.73 Å². The minimum atomic E-state index is -0.219. The molecule has 0 aromatic heterocycles. The molecule has 1 rings (SSSR count). The second kappa shape index (κ2) is 4.06. The van der Waals surface area contributed by atoms with Crippen molar-refractivity contribution in [3.8, 4) is 0 Å². The van der Waals surface area contributed by atoms with Crippen molar-refractivity contribution in [2.24, 2.45) is 5.73 Å². The Bertz CT molecular complexity index is 183.